The lowest BCUT2D eigenvalue weighted by atomic mass is 9.89. The van der Waals surface area contributed by atoms with Crippen molar-refractivity contribution in [3.8, 4) is 0 Å². The molecule has 5 nitrogen and oxygen atoms in total. The average Bonchev–Trinajstić information content (AvgIpc) is 3.22. The van der Waals surface area contributed by atoms with Crippen molar-refractivity contribution in [2.45, 2.75) is 25.4 Å². The number of carbonyl (C=O) groups excluding carboxylic acids is 1. The predicted octanol–water partition coefficient (Wildman–Crippen LogP) is 6.11. The van der Waals surface area contributed by atoms with Gasteiger partial charge in [0.2, 0.25) is 0 Å². The van der Waals surface area contributed by atoms with E-state index >= 15 is 0 Å². The number of halogens is 3. The zero-order valence-corrected chi connectivity index (χ0v) is 17.2. The maximum atomic E-state index is 13.9. The van der Waals surface area contributed by atoms with Crippen molar-refractivity contribution >= 4 is 23.0 Å². The van der Waals surface area contributed by atoms with Crippen LogP contribution in [0.15, 0.2) is 87.8 Å². The fourth-order valence-electron chi connectivity index (χ4n) is 3.74. The lowest BCUT2D eigenvalue weighted by Crippen LogP contribution is -2.30. The molecule has 0 radical (unpaired) electrons. The number of para-hydroxylation sites is 1. The molecule has 2 heterocycles. The van der Waals surface area contributed by atoms with E-state index in [1.807, 2.05) is 12.1 Å². The van der Waals surface area contributed by atoms with Gasteiger partial charge in [0.05, 0.1) is 23.8 Å². The third kappa shape index (κ3) is 5.19. The highest BCUT2D eigenvalue weighted by Crippen LogP contribution is 2.39. The van der Waals surface area contributed by atoms with Gasteiger partial charge in [0.15, 0.2) is 0 Å². The Kier molecular flexibility index (Phi) is 6.30. The quantitative estimate of drug-likeness (QED) is 0.588. The SMILES string of the molecule is O=C(NCCC1=CCC2CC=C(c3ccoc3)C=C(C(F)(F)F)C2=N1)Nc1ccccc1. The van der Waals surface area contributed by atoms with Gasteiger partial charge in [-0.05, 0) is 42.7 Å². The second kappa shape index (κ2) is 9.30. The number of urea groups is 1. The van der Waals surface area contributed by atoms with Gasteiger partial charge in [0.25, 0.3) is 0 Å². The van der Waals surface area contributed by atoms with Crippen LogP contribution in [-0.2, 0) is 0 Å². The summed E-state index contributed by atoms with van der Waals surface area (Å²) in [6, 6.07) is 10.2. The number of fused-ring (bicyclic) bond motifs is 1. The number of alkyl halides is 3. The maximum Gasteiger partial charge on any atom is 0.418 e. The first-order valence-corrected chi connectivity index (χ1v) is 10.3. The van der Waals surface area contributed by atoms with Gasteiger partial charge in [-0.3, -0.25) is 4.99 Å². The molecule has 8 heteroatoms. The van der Waals surface area contributed by atoms with Gasteiger partial charge in [-0.15, -0.1) is 0 Å². The van der Waals surface area contributed by atoms with E-state index in [4.69, 9.17) is 4.42 Å². The van der Waals surface area contributed by atoms with Gasteiger partial charge in [0.1, 0.15) is 0 Å². The fraction of sp³-hybridized carbons (Fsp3) is 0.250. The number of hydrogen-bond donors (Lipinski definition) is 2. The molecule has 1 aliphatic carbocycles. The maximum absolute atomic E-state index is 13.9. The third-order valence-electron chi connectivity index (χ3n) is 5.35. The topological polar surface area (TPSA) is 66.6 Å². The Bertz CT molecular complexity index is 1080. The monoisotopic (exact) mass is 441 g/mol. The minimum atomic E-state index is -4.53. The molecule has 0 spiro atoms. The van der Waals surface area contributed by atoms with Crippen molar-refractivity contribution in [3.63, 3.8) is 0 Å². The molecule has 0 fully saturated rings. The van der Waals surface area contributed by atoms with Crippen LogP contribution in [0.1, 0.15) is 24.8 Å². The molecule has 2 amide bonds. The first-order valence-electron chi connectivity index (χ1n) is 10.3. The number of rotatable bonds is 5. The van der Waals surface area contributed by atoms with Crippen molar-refractivity contribution in [1.29, 1.82) is 0 Å². The minimum Gasteiger partial charge on any atom is -0.472 e. The number of aliphatic imine (C=N–C) groups is 1. The first-order chi connectivity index (χ1) is 15.4. The highest BCUT2D eigenvalue weighted by Gasteiger charge is 2.41. The molecular weight excluding hydrogens is 419 g/mol. The van der Waals surface area contributed by atoms with E-state index in [1.165, 1.54) is 12.5 Å². The normalized spacial score (nSPS) is 18.4. The van der Waals surface area contributed by atoms with Gasteiger partial charge in [-0.2, -0.15) is 13.2 Å². The Labute approximate surface area is 183 Å². The summed E-state index contributed by atoms with van der Waals surface area (Å²) < 4.78 is 46.8. The lowest BCUT2D eigenvalue weighted by Gasteiger charge is -2.24. The number of anilines is 1. The van der Waals surface area contributed by atoms with Crippen molar-refractivity contribution in [2.24, 2.45) is 10.9 Å². The zero-order valence-electron chi connectivity index (χ0n) is 17.2. The number of furan rings is 1. The van der Waals surface area contributed by atoms with Crippen LogP contribution >= 0.6 is 0 Å². The van der Waals surface area contributed by atoms with Gasteiger partial charge >= 0.3 is 12.2 Å². The summed E-state index contributed by atoms with van der Waals surface area (Å²) in [4.78, 5) is 16.4. The van der Waals surface area contributed by atoms with Crippen LogP contribution in [0.25, 0.3) is 5.57 Å². The second-order valence-corrected chi connectivity index (χ2v) is 7.59. The summed E-state index contributed by atoms with van der Waals surface area (Å²) in [5, 5.41) is 5.41. The minimum absolute atomic E-state index is 0.0541. The van der Waals surface area contributed by atoms with E-state index in [2.05, 4.69) is 15.6 Å². The Morgan fingerprint density at radius 3 is 2.62 bits per heavy atom. The van der Waals surface area contributed by atoms with Crippen molar-refractivity contribution in [2.75, 3.05) is 11.9 Å². The first kappa shape index (κ1) is 21.7. The molecule has 0 saturated carbocycles. The molecule has 1 aromatic carbocycles. The molecule has 32 heavy (non-hydrogen) atoms. The van der Waals surface area contributed by atoms with E-state index in [0.29, 0.717) is 41.8 Å². The standard InChI is InChI=1S/C24H22F3N3O2/c25-24(26,27)21-14-17(18-11-13-32-15-18)7-6-16-8-9-20(29-22(16)21)10-12-28-23(31)30-19-4-2-1-3-5-19/h1-5,7,9,11,13-16H,6,8,10,12H2,(H2,28,30,31). The molecule has 0 saturated heterocycles. The molecule has 4 rings (SSSR count). The molecule has 0 bridgehead atoms. The van der Waals surface area contributed by atoms with E-state index < -0.39 is 11.7 Å². The Hall–Kier alpha value is -3.55. The van der Waals surface area contributed by atoms with Crippen LogP contribution in [-0.4, -0.2) is 24.5 Å². The third-order valence-corrected chi connectivity index (χ3v) is 5.35. The summed E-state index contributed by atoms with van der Waals surface area (Å²) >= 11 is 0. The molecule has 1 atom stereocenters. The highest BCUT2D eigenvalue weighted by atomic mass is 19.4. The van der Waals surface area contributed by atoms with Gasteiger partial charge in [0, 0.05) is 35.8 Å². The number of benzene rings is 1. The fourth-order valence-corrected chi connectivity index (χ4v) is 3.74. The Morgan fingerprint density at radius 2 is 1.91 bits per heavy atom. The van der Waals surface area contributed by atoms with Crippen LogP contribution in [0.3, 0.4) is 0 Å². The summed E-state index contributed by atoms with van der Waals surface area (Å²) in [5.74, 6) is -0.342. The summed E-state index contributed by atoms with van der Waals surface area (Å²) in [6.07, 6.45) is 4.41. The molecule has 1 aromatic heterocycles. The highest BCUT2D eigenvalue weighted by molar-refractivity contribution is 6.07. The number of allylic oxidation sites excluding steroid dienone is 5. The number of nitrogens with one attached hydrogen (secondary N) is 2. The van der Waals surface area contributed by atoms with Gasteiger partial charge in [-0.1, -0.05) is 30.4 Å². The molecular formula is C24H22F3N3O2. The summed E-state index contributed by atoms with van der Waals surface area (Å²) in [7, 11) is 0. The van der Waals surface area contributed by atoms with Crippen molar-refractivity contribution in [1.82, 2.24) is 5.32 Å². The van der Waals surface area contributed by atoms with Crippen LogP contribution in [0.4, 0.5) is 23.7 Å². The predicted molar refractivity (Wildman–Crippen MR) is 117 cm³/mol. The Morgan fingerprint density at radius 1 is 1.12 bits per heavy atom. The molecule has 1 aliphatic heterocycles. The number of carbonyl (C=O) groups is 1. The lowest BCUT2D eigenvalue weighted by molar-refractivity contribution is -0.0863. The largest absolute Gasteiger partial charge is 0.472 e. The van der Waals surface area contributed by atoms with Crippen LogP contribution < -0.4 is 10.6 Å². The molecule has 2 aromatic rings. The van der Waals surface area contributed by atoms with Crippen molar-refractivity contribution in [3.05, 3.63) is 84.0 Å². The summed E-state index contributed by atoms with van der Waals surface area (Å²) in [6.45, 7) is 0.259. The molecule has 166 valence electrons. The zero-order chi connectivity index (χ0) is 22.6. The second-order valence-electron chi connectivity index (χ2n) is 7.59. The van der Waals surface area contributed by atoms with E-state index in [9.17, 15) is 18.0 Å². The van der Waals surface area contributed by atoms with Gasteiger partial charge < -0.3 is 15.1 Å². The van der Waals surface area contributed by atoms with E-state index in [0.717, 1.165) is 6.08 Å². The molecule has 1 unspecified atom stereocenters. The molecule has 2 N–H and O–H groups in total. The van der Waals surface area contributed by atoms with E-state index in [1.54, 1.807) is 36.4 Å². The smallest absolute Gasteiger partial charge is 0.418 e. The number of nitrogens with zero attached hydrogens (tertiary/aromatic N) is 1. The van der Waals surface area contributed by atoms with Crippen LogP contribution in [0, 0.1) is 5.92 Å². The van der Waals surface area contributed by atoms with Crippen LogP contribution in [0.2, 0.25) is 0 Å². The van der Waals surface area contributed by atoms with E-state index in [-0.39, 0.29) is 24.2 Å². The molecule has 2 aliphatic rings. The van der Waals surface area contributed by atoms with Crippen LogP contribution in [0.5, 0.6) is 0 Å². The summed E-state index contributed by atoms with van der Waals surface area (Å²) in [5.41, 5.74) is 1.60. The number of hydrogen-bond acceptors (Lipinski definition) is 3. The Balaban J connectivity index is 1.45. The van der Waals surface area contributed by atoms with Gasteiger partial charge in [-0.25, -0.2) is 4.79 Å². The number of amides is 2. The average molecular weight is 441 g/mol. The van der Waals surface area contributed by atoms with Crippen molar-refractivity contribution < 1.29 is 22.4 Å².